The first-order chi connectivity index (χ1) is 10.0. The molecule has 0 aliphatic carbocycles. The molecule has 7 nitrogen and oxygen atoms in total. The van der Waals surface area contributed by atoms with Crippen LogP contribution in [0.1, 0.15) is 15.9 Å². The fraction of sp³-hybridized carbons (Fsp3) is 0.0714. The van der Waals surface area contributed by atoms with Crippen molar-refractivity contribution in [3.8, 4) is 5.75 Å². The van der Waals surface area contributed by atoms with Crippen molar-refractivity contribution >= 4 is 17.3 Å². The molecule has 0 unspecified atom stereocenters. The van der Waals surface area contributed by atoms with Gasteiger partial charge in [0.15, 0.2) is 5.75 Å². The molecule has 7 heteroatoms. The van der Waals surface area contributed by atoms with E-state index in [1.165, 1.54) is 6.07 Å². The smallest absolute Gasteiger partial charge is 0.310 e. The number of nitro groups is 1. The van der Waals surface area contributed by atoms with Crippen molar-refractivity contribution in [1.82, 2.24) is 0 Å². The highest BCUT2D eigenvalue weighted by molar-refractivity contribution is 6.04. The molecule has 0 fully saturated rings. The van der Waals surface area contributed by atoms with Gasteiger partial charge in [0.1, 0.15) is 0 Å². The Labute approximate surface area is 119 Å². The molecular weight excluding hydrogens is 276 g/mol. The lowest BCUT2D eigenvalue weighted by atomic mass is 10.1. The van der Waals surface area contributed by atoms with Crippen LogP contribution in [0.4, 0.5) is 11.4 Å². The number of hydrogen-bond donors (Lipinski definition) is 3. The molecule has 0 aromatic heterocycles. The monoisotopic (exact) mass is 288 g/mol. The third-order valence-electron chi connectivity index (χ3n) is 2.83. The van der Waals surface area contributed by atoms with Crippen molar-refractivity contribution in [2.45, 2.75) is 6.61 Å². The second kappa shape index (κ2) is 6.02. The van der Waals surface area contributed by atoms with Crippen LogP contribution in [-0.4, -0.2) is 21.0 Å². The number of nitro benzene ring substituents is 1. The van der Waals surface area contributed by atoms with E-state index in [1.807, 2.05) is 0 Å². The molecule has 2 aromatic carbocycles. The highest BCUT2D eigenvalue weighted by Gasteiger charge is 2.16. The number of phenolic OH excluding ortho intramolecular Hbond substituents is 1. The molecule has 1 amide bonds. The molecule has 0 spiro atoms. The number of carbonyl (C=O) groups is 1. The van der Waals surface area contributed by atoms with Crippen molar-refractivity contribution in [2.24, 2.45) is 0 Å². The number of carbonyl (C=O) groups excluding carboxylic acids is 1. The number of aliphatic hydroxyl groups is 1. The van der Waals surface area contributed by atoms with Crippen LogP contribution in [0, 0.1) is 10.1 Å². The fourth-order valence-corrected chi connectivity index (χ4v) is 1.72. The molecule has 0 radical (unpaired) electrons. The molecule has 0 aliphatic heterocycles. The SMILES string of the molecule is O=C(Nc1ccc(CO)cc1)c1ccc([N+](=O)[O-])c(O)c1. The predicted octanol–water partition coefficient (Wildman–Crippen LogP) is 2.04. The average Bonchev–Trinajstić information content (AvgIpc) is 2.47. The van der Waals surface area contributed by atoms with Gasteiger partial charge in [-0.05, 0) is 29.8 Å². The summed E-state index contributed by atoms with van der Waals surface area (Å²) in [6, 6.07) is 9.92. The van der Waals surface area contributed by atoms with Gasteiger partial charge in [-0.15, -0.1) is 0 Å². The fourth-order valence-electron chi connectivity index (χ4n) is 1.72. The Balaban J connectivity index is 2.16. The Morgan fingerprint density at radius 3 is 2.38 bits per heavy atom. The van der Waals surface area contributed by atoms with Crippen molar-refractivity contribution in [1.29, 1.82) is 0 Å². The van der Waals surface area contributed by atoms with E-state index in [0.29, 0.717) is 11.3 Å². The van der Waals surface area contributed by atoms with Gasteiger partial charge in [-0.2, -0.15) is 0 Å². The first-order valence-electron chi connectivity index (χ1n) is 6.00. The highest BCUT2D eigenvalue weighted by Crippen LogP contribution is 2.26. The lowest BCUT2D eigenvalue weighted by Gasteiger charge is -2.06. The van der Waals surface area contributed by atoms with Gasteiger partial charge in [-0.25, -0.2) is 0 Å². The molecule has 108 valence electrons. The Morgan fingerprint density at radius 2 is 1.86 bits per heavy atom. The van der Waals surface area contributed by atoms with Gasteiger partial charge in [-0.3, -0.25) is 14.9 Å². The Morgan fingerprint density at radius 1 is 1.19 bits per heavy atom. The van der Waals surface area contributed by atoms with Crippen LogP contribution in [0.25, 0.3) is 0 Å². The maximum absolute atomic E-state index is 12.0. The summed E-state index contributed by atoms with van der Waals surface area (Å²) in [5.74, 6) is -1.07. The van der Waals surface area contributed by atoms with E-state index >= 15 is 0 Å². The molecule has 0 aliphatic rings. The van der Waals surface area contributed by atoms with Gasteiger partial charge in [0.25, 0.3) is 5.91 Å². The van der Waals surface area contributed by atoms with Gasteiger partial charge in [0.05, 0.1) is 11.5 Å². The van der Waals surface area contributed by atoms with Crippen LogP contribution in [0.2, 0.25) is 0 Å². The molecule has 0 saturated heterocycles. The maximum atomic E-state index is 12.0. The summed E-state index contributed by atoms with van der Waals surface area (Å²) in [7, 11) is 0. The summed E-state index contributed by atoms with van der Waals surface area (Å²) in [5.41, 5.74) is 0.860. The topological polar surface area (TPSA) is 113 Å². The number of benzene rings is 2. The molecule has 0 heterocycles. The Hall–Kier alpha value is -2.93. The third-order valence-corrected chi connectivity index (χ3v) is 2.83. The highest BCUT2D eigenvalue weighted by atomic mass is 16.6. The molecule has 21 heavy (non-hydrogen) atoms. The number of rotatable bonds is 4. The van der Waals surface area contributed by atoms with E-state index in [-0.39, 0.29) is 12.2 Å². The molecule has 0 bridgehead atoms. The van der Waals surface area contributed by atoms with Gasteiger partial charge in [0, 0.05) is 17.3 Å². The number of amides is 1. The van der Waals surface area contributed by atoms with Crippen LogP contribution in [0.3, 0.4) is 0 Å². The van der Waals surface area contributed by atoms with Crippen LogP contribution >= 0.6 is 0 Å². The van der Waals surface area contributed by atoms with Crippen LogP contribution in [-0.2, 0) is 6.61 Å². The van der Waals surface area contributed by atoms with Crippen molar-refractivity contribution in [3.63, 3.8) is 0 Å². The molecule has 0 saturated carbocycles. The first kappa shape index (κ1) is 14.5. The van der Waals surface area contributed by atoms with Gasteiger partial charge >= 0.3 is 5.69 Å². The van der Waals surface area contributed by atoms with Crippen LogP contribution in [0.5, 0.6) is 5.75 Å². The van der Waals surface area contributed by atoms with Crippen LogP contribution < -0.4 is 5.32 Å². The largest absolute Gasteiger partial charge is 0.502 e. The molecule has 2 rings (SSSR count). The number of aliphatic hydroxyl groups excluding tert-OH is 1. The minimum Gasteiger partial charge on any atom is -0.502 e. The molecule has 3 N–H and O–H groups in total. The van der Waals surface area contributed by atoms with E-state index < -0.39 is 22.3 Å². The number of nitrogens with one attached hydrogen (secondary N) is 1. The maximum Gasteiger partial charge on any atom is 0.310 e. The van der Waals surface area contributed by atoms with Gasteiger partial charge < -0.3 is 15.5 Å². The average molecular weight is 288 g/mol. The zero-order chi connectivity index (χ0) is 15.4. The summed E-state index contributed by atoms with van der Waals surface area (Å²) in [5, 5.41) is 31.6. The Bertz CT molecular complexity index is 682. The van der Waals surface area contributed by atoms with Gasteiger partial charge in [0.2, 0.25) is 0 Å². The summed E-state index contributed by atoms with van der Waals surface area (Å²) in [6.45, 7) is -0.0928. The second-order valence-corrected chi connectivity index (χ2v) is 4.27. The minimum absolute atomic E-state index is 0.0928. The summed E-state index contributed by atoms with van der Waals surface area (Å²) >= 11 is 0. The third kappa shape index (κ3) is 3.34. The summed E-state index contributed by atoms with van der Waals surface area (Å²) < 4.78 is 0. The number of nitrogens with zero attached hydrogens (tertiary/aromatic N) is 1. The number of anilines is 1. The zero-order valence-electron chi connectivity index (χ0n) is 10.8. The van der Waals surface area contributed by atoms with E-state index in [9.17, 15) is 20.0 Å². The quantitative estimate of drug-likeness (QED) is 0.588. The van der Waals surface area contributed by atoms with E-state index in [2.05, 4.69) is 5.32 Å². The first-order valence-corrected chi connectivity index (χ1v) is 6.00. The summed E-state index contributed by atoms with van der Waals surface area (Å²) in [4.78, 5) is 21.8. The lowest BCUT2D eigenvalue weighted by molar-refractivity contribution is -0.385. The lowest BCUT2D eigenvalue weighted by Crippen LogP contribution is -2.11. The minimum atomic E-state index is -0.732. The molecule has 2 aromatic rings. The van der Waals surface area contributed by atoms with E-state index in [4.69, 9.17) is 5.11 Å². The van der Waals surface area contributed by atoms with Crippen molar-refractivity contribution in [2.75, 3.05) is 5.32 Å². The zero-order valence-corrected chi connectivity index (χ0v) is 10.8. The Kier molecular flexibility index (Phi) is 4.15. The van der Waals surface area contributed by atoms with E-state index in [1.54, 1.807) is 24.3 Å². The number of hydrogen-bond acceptors (Lipinski definition) is 5. The van der Waals surface area contributed by atoms with E-state index in [0.717, 1.165) is 12.1 Å². The van der Waals surface area contributed by atoms with Gasteiger partial charge in [-0.1, -0.05) is 12.1 Å². The number of aromatic hydroxyl groups is 1. The molecule has 0 atom stereocenters. The van der Waals surface area contributed by atoms with Crippen molar-refractivity contribution < 1.29 is 19.9 Å². The predicted molar refractivity (Wildman–Crippen MR) is 75.1 cm³/mol. The normalized spacial score (nSPS) is 10.1. The molecular formula is C14H12N2O5. The number of phenols is 1. The second-order valence-electron chi connectivity index (χ2n) is 4.27. The van der Waals surface area contributed by atoms with Crippen molar-refractivity contribution in [3.05, 3.63) is 63.7 Å². The van der Waals surface area contributed by atoms with Crippen LogP contribution in [0.15, 0.2) is 42.5 Å². The standard InChI is InChI=1S/C14H12N2O5/c17-8-9-1-4-11(5-2-9)15-14(19)10-3-6-12(16(20)21)13(18)7-10/h1-7,17-18H,8H2,(H,15,19). The summed E-state index contributed by atoms with van der Waals surface area (Å²) in [6.07, 6.45) is 0.